The fourth-order valence-corrected chi connectivity index (χ4v) is 3.39. The SMILES string of the molecule is Cc1ccc(NC(=O)N(Cc2cccs2)Cc2cccn2C)cc1C. The van der Waals surface area contributed by atoms with E-state index in [0.717, 1.165) is 11.4 Å². The maximum atomic E-state index is 12.9. The number of anilines is 1. The van der Waals surface area contributed by atoms with Crippen molar-refractivity contribution < 1.29 is 4.79 Å². The highest BCUT2D eigenvalue weighted by molar-refractivity contribution is 7.09. The molecule has 3 rings (SSSR count). The molecule has 0 aliphatic heterocycles. The number of benzene rings is 1. The first kappa shape index (κ1) is 17.3. The van der Waals surface area contributed by atoms with Crippen molar-refractivity contribution in [1.82, 2.24) is 9.47 Å². The summed E-state index contributed by atoms with van der Waals surface area (Å²) < 4.78 is 2.05. The summed E-state index contributed by atoms with van der Waals surface area (Å²) in [5.41, 5.74) is 4.32. The first-order valence-corrected chi connectivity index (χ1v) is 9.16. The van der Waals surface area contributed by atoms with Crippen LogP contribution < -0.4 is 5.32 Å². The quantitative estimate of drug-likeness (QED) is 0.693. The van der Waals surface area contributed by atoms with Crippen LogP contribution in [0.25, 0.3) is 0 Å². The molecule has 5 heteroatoms. The molecule has 1 aromatic carbocycles. The highest BCUT2D eigenvalue weighted by atomic mass is 32.1. The van der Waals surface area contributed by atoms with Crippen molar-refractivity contribution in [2.24, 2.45) is 7.05 Å². The molecule has 0 bridgehead atoms. The summed E-state index contributed by atoms with van der Waals surface area (Å²) in [5, 5.41) is 5.08. The highest BCUT2D eigenvalue weighted by Gasteiger charge is 2.17. The van der Waals surface area contributed by atoms with Gasteiger partial charge in [-0.3, -0.25) is 0 Å². The van der Waals surface area contributed by atoms with Gasteiger partial charge < -0.3 is 14.8 Å². The van der Waals surface area contributed by atoms with E-state index in [1.165, 1.54) is 16.0 Å². The molecular weight excluding hydrogens is 330 g/mol. The number of hydrogen-bond acceptors (Lipinski definition) is 2. The standard InChI is InChI=1S/C20H23N3OS/c1-15-8-9-17(12-16(15)2)21-20(24)23(14-19-7-5-11-25-19)13-18-6-4-10-22(18)3/h4-12H,13-14H2,1-3H3,(H,21,24). The molecule has 1 N–H and O–H groups in total. The lowest BCUT2D eigenvalue weighted by Crippen LogP contribution is -2.34. The summed E-state index contributed by atoms with van der Waals surface area (Å²) in [6.45, 7) is 5.29. The maximum absolute atomic E-state index is 12.9. The lowest BCUT2D eigenvalue weighted by atomic mass is 10.1. The minimum absolute atomic E-state index is 0.0853. The van der Waals surface area contributed by atoms with Gasteiger partial charge in [0.25, 0.3) is 0 Å². The molecule has 2 heterocycles. The molecule has 0 aliphatic rings. The number of urea groups is 1. The molecule has 0 radical (unpaired) electrons. The zero-order valence-corrected chi connectivity index (χ0v) is 15.6. The van der Waals surface area contributed by atoms with Gasteiger partial charge in [0.05, 0.1) is 13.1 Å². The Morgan fingerprint density at radius 3 is 2.60 bits per heavy atom. The van der Waals surface area contributed by atoms with Crippen molar-refractivity contribution in [2.75, 3.05) is 5.32 Å². The Morgan fingerprint density at radius 2 is 1.96 bits per heavy atom. The van der Waals surface area contributed by atoms with E-state index >= 15 is 0 Å². The number of carbonyl (C=O) groups is 1. The number of thiophene rings is 1. The second kappa shape index (κ2) is 7.57. The van der Waals surface area contributed by atoms with Gasteiger partial charge in [-0.05, 0) is 60.7 Å². The largest absolute Gasteiger partial charge is 0.353 e. The van der Waals surface area contributed by atoms with Gasteiger partial charge >= 0.3 is 6.03 Å². The van der Waals surface area contributed by atoms with Gasteiger partial charge in [0.15, 0.2) is 0 Å². The van der Waals surface area contributed by atoms with E-state index in [2.05, 4.69) is 25.2 Å². The van der Waals surface area contributed by atoms with Crippen molar-refractivity contribution in [1.29, 1.82) is 0 Å². The van der Waals surface area contributed by atoms with E-state index in [-0.39, 0.29) is 6.03 Å². The van der Waals surface area contributed by atoms with Crippen LogP contribution in [0.2, 0.25) is 0 Å². The van der Waals surface area contributed by atoms with Crippen LogP contribution in [0.15, 0.2) is 54.0 Å². The summed E-state index contributed by atoms with van der Waals surface area (Å²) in [6.07, 6.45) is 2.00. The molecule has 2 aromatic heterocycles. The number of hydrogen-bond donors (Lipinski definition) is 1. The molecular formula is C20H23N3OS. The van der Waals surface area contributed by atoms with Crippen molar-refractivity contribution >= 4 is 23.1 Å². The molecule has 0 saturated carbocycles. The Bertz CT molecular complexity index is 852. The zero-order chi connectivity index (χ0) is 17.8. The average molecular weight is 353 g/mol. The topological polar surface area (TPSA) is 37.3 Å². The number of aryl methyl sites for hydroxylation is 3. The van der Waals surface area contributed by atoms with E-state index in [1.807, 2.05) is 64.5 Å². The Kier molecular flexibility index (Phi) is 5.24. The van der Waals surface area contributed by atoms with Crippen molar-refractivity contribution in [3.63, 3.8) is 0 Å². The Labute approximate surface area is 152 Å². The third-order valence-electron chi connectivity index (χ3n) is 4.38. The number of amides is 2. The molecule has 0 fully saturated rings. The molecule has 3 aromatic rings. The summed E-state index contributed by atoms with van der Waals surface area (Å²) in [5.74, 6) is 0. The van der Waals surface area contributed by atoms with Crippen LogP contribution in [0.3, 0.4) is 0 Å². The van der Waals surface area contributed by atoms with E-state index < -0.39 is 0 Å². The van der Waals surface area contributed by atoms with Crippen LogP contribution in [0.4, 0.5) is 10.5 Å². The van der Waals surface area contributed by atoms with Gasteiger partial charge in [-0.2, -0.15) is 0 Å². The molecule has 0 atom stereocenters. The summed E-state index contributed by atoms with van der Waals surface area (Å²) in [4.78, 5) is 15.9. The summed E-state index contributed by atoms with van der Waals surface area (Å²) in [7, 11) is 2.00. The van der Waals surface area contributed by atoms with Gasteiger partial charge in [-0.15, -0.1) is 11.3 Å². The van der Waals surface area contributed by atoms with Crippen LogP contribution >= 0.6 is 11.3 Å². The van der Waals surface area contributed by atoms with E-state index in [1.54, 1.807) is 11.3 Å². The van der Waals surface area contributed by atoms with Gasteiger partial charge in [-0.25, -0.2) is 4.79 Å². The maximum Gasteiger partial charge on any atom is 0.322 e. The predicted octanol–water partition coefficient (Wildman–Crippen LogP) is 4.94. The Morgan fingerprint density at radius 1 is 1.12 bits per heavy atom. The molecule has 2 amide bonds. The fourth-order valence-electron chi connectivity index (χ4n) is 2.67. The molecule has 0 aliphatic carbocycles. The molecule has 130 valence electrons. The van der Waals surface area contributed by atoms with Gasteiger partial charge in [0.2, 0.25) is 0 Å². The number of rotatable bonds is 5. The number of nitrogens with one attached hydrogen (secondary N) is 1. The summed E-state index contributed by atoms with van der Waals surface area (Å²) >= 11 is 1.67. The first-order valence-electron chi connectivity index (χ1n) is 8.28. The van der Waals surface area contributed by atoms with Crippen LogP contribution in [0.1, 0.15) is 21.7 Å². The minimum Gasteiger partial charge on any atom is -0.353 e. The highest BCUT2D eigenvalue weighted by Crippen LogP contribution is 2.18. The van der Waals surface area contributed by atoms with Gasteiger partial charge in [-0.1, -0.05) is 12.1 Å². The lowest BCUT2D eigenvalue weighted by molar-refractivity contribution is 0.205. The normalized spacial score (nSPS) is 10.7. The summed E-state index contributed by atoms with van der Waals surface area (Å²) in [6, 6.07) is 14.0. The number of carbonyl (C=O) groups excluding carboxylic acids is 1. The molecule has 0 spiro atoms. The first-order chi connectivity index (χ1) is 12.0. The molecule has 4 nitrogen and oxygen atoms in total. The lowest BCUT2D eigenvalue weighted by Gasteiger charge is -2.23. The van der Waals surface area contributed by atoms with Crippen molar-refractivity contribution in [3.8, 4) is 0 Å². The third-order valence-corrected chi connectivity index (χ3v) is 5.24. The third kappa shape index (κ3) is 4.31. The van der Waals surface area contributed by atoms with Crippen molar-refractivity contribution in [3.05, 3.63) is 75.7 Å². The van der Waals surface area contributed by atoms with Gasteiger partial charge in [0, 0.05) is 29.5 Å². The van der Waals surface area contributed by atoms with E-state index in [0.29, 0.717) is 13.1 Å². The molecule has 0 unspecified atom stereocenters. The Balaban J connectivity index is 1.78. The van der Waals surface area contributed by atoms with E-state index in [9.17, 15) is 4.79 Å². The number of nitrogens with zero attached hydrogens (tertiary/aromatic N) is 2. The smallest absolute Gasteiger partial charge is 0.322 e. The second-order valence-electron chi connectivity index (χ2n) is 6.28. The monoisotopic (exact) mass is 353 g/mol. The predicted molar refractivity (Wildman–Crippen MR) is 104 cm³/mol. The van der Waals surface area contributed by atoms with Crippen LogP contribution in [-0.2, 0) is 20.1 Å². The average Bonchev–Trinajstić information content (AvgIpc) is 3.23. The van der Waals surface area contributed by atoms with Crippen molar-refractivity contribution in [2.45, 2.75) is 26.9 Å². The molecule has 25 heavy (non-hydrogen) atoms. The number of aromatic nitrogens is 1. The van der Waals surface area contributed by atoms with Gasteiger partial charge in [0.1, 0.15) is 0 Å². The van der Waals surface area contributed by atoms with Crippen LogP contribution in [0, 0.1) is 13.8 Å². The zero-order valence-electron chi connectivity index (χ0n) is 14.8. The second-order valence-corrected chi connectivity index (χ2v) is 7.31. The minimum atomic E-state index is -0.0853. The molecule has 0 saturated heterocycles. The fraction of sp³-hybridized carbons (Fsp3) is 0.250. The van der Waals surface area contributed by atoms with Crippen LogP contribution in [-0.4, -0.2) is 15.5 Å². The van der Waals surface area contributed by atoms with Crippen LogP contribution in [0.5, 0.6) is 0 Å². The van der Waals surface area contributed by atoms with E-state index in [4.69, 9.17) is 0 Å². The Hall–Kier alpha value is -2.53.